The Morgan fingerprint density at radius 2 is 1.38 bits per heavy atom. The van der Waals surface area contributed by atoms with Crippen molar-refractivity contribution in [3.63, 3.8) is 0 Å². The zero-order valence-electron chi connectivity index (χ0n) is 35.2. The van der Waals surface area contributed by atoms with Crippen LogP contribution in [0.4, 0.5) is 0 Å². The monoisotopic (exact) mass is 928 g/mol. The molecule has 0 aliphatic rings. The SMILES string of the molecule is CC[Si](CC)(CC)c1ccc(-c2[c-]ccc(C(C)(C)c3ccccc3)c2)nc1.[2H]C([2H])([2H])c1c[c-]c(-c2ccc([Si](C)(C)C)cn2)c2sc3ccccc3c12.[Ir]. The number of aryl methyl sites for hydroxylation is 1. The number of aromatic nitrogens is 2. The van der Waals surface area contributed by atoms with Crippen molar-refractivity contribution in [1.82, 2.24) is 9.97 Å². The van der Waals surface area contributed by atoms with E-state index in [1.165, 1.54) is 39.6 Å². The van der Waals surface area contributed by atoms with E-state index in [2.05, 4.69) is 133 Å². The molecule has 0 aliphatic carbocycles. The maximum absolute atomic E-state index is 7.95. The summed E-state index contributed by atoms with van der Waals surface area (Å²) in [7, 11) is -2.79. The van der Waals surface area contributed by atoms with Crippen molar-refractivity contribution in [2.24, 2.45) is 0 Å². The summed E-state index contributed by atoms with van der Waals surface area (Å²) >= 11 is 1.61. The van der Waals surface area contributed by atoms with Gasteiger partial charge in [0, 0.05) is 41.3 Å². The molecule has 4 aromatic carbocycles. The molecule has 0 unspecified atom stereocenters. The number of fused-ring (bicyclic) bond motifs is 3. The van der Waals surface area contributed by atoms with Crippen LogP contribution in [0.15, 0.2) is 116 Å². The first kappa shape index (κ1) is 36.5. The van der Waals surface area contributed by atoms with Crippen LogP contribution in [-0.4, -0.2) is 26.1 Å². The average Bonchev–Trinajstić information content (AvgIpc) is 3.58. The second-order valence-corrected chi connectivity index (χ2v) is 26.7. The molecule has 0 bridgehead atoms. The van der Waals surface area contributed by atoms with E-state index in [4.69, 9.17) is 14.1 Å². The van der Waals surface area contributed by atoms with Gasteiger partial charge in [-0.3, -0.25) is 0 Å². The second kappa shape index (κ2) is 16.9. The molecule has 275 valence electrons. The summed E-state index contributed by atoms with van der Waals surface area (Å²) in [4.78, 5) is 9.56. The summed E-state index contributed by atoms with van der Waals surface area (Å²) in [6.07, 6.45) is 4.10. The number of hydrogen-bond donors (Lipinski definition) is 0. The molecule has 0 fully saturated rings. The molecule has 3 heterocycles. The molecule has 0 atom stereocenters. The first-order chi connectivity index (χ1) is 26.1. The molecule has 6 heteroatoms. The van der Waals surface area contributed by atoms with Gasteiger partial charge in [0.05, 0.1) is 16.1 Å². The van der Waals surface area contributed by atoms with Crippen molar-refractivity contribution < 1.29 is 24.2 Å². The Morgan fingerprint density at radius 3 is 2.00 bits per heavy atom. The number of thiophene rings is 1. The zero-order chi connectivity index (χ0) is 39.6. The maximum atomic E-state index is 7.95. The Hall–Kier alpha value is -3.52. The number of nitrogens with zero attached hydrogens (tertiary/aromatic N) is 2. The summed E-state index contributed by atoms with van der Waals surface area (Å²) in [5, 5.41) is 4.58. The molecule has 1 radical (unpaired) electrons. The van der Waals surface area contributed by atoms with Gasteiger partial charge in [-0.15, -0.1) is 58.7 Å². The fraction of sp³-hybridized carbons (Fsp3) is 0.277. The predicted molar refractivity (Wildman–Crippen MR) is 233 cm³/mol. The molecule has 7 aromatic rings. The smallest absolute Gasteiger partial charge is 0.0878 e. The molecule has 0 N–H and O–H groups in total. The molecule has 0 spiro atoms. The van der Waals surface area contributed by atoms with Crippen LogP contribution >= 0.6 is 11.3 Å². The molecule has 0 saturated heterocycles. The summed E-state index contributed by atoms with van der Waals surface area (Å²) < 4.78 is 25.9. The van der Waals surface area contributed by atoms with E-state index in [0.717, 1.165) is 42.7 Å². The summed E-state index contributed by atoms with van der Waals surface area (Å²) in [5.41, 5.74) is 6.72. The Bertz CT molecular complexity index is 2370. The topological polar surface area (TPSA) is 25.8 Å². The van der Waals surface area contributed by atoms with Gasteiger partial charge in [-0.1, -0.05) is 157 Å². The third-order valence-corrected chi connectivity index (χ3v) is 19.8. The van der Waals surface area contributed by atoms with Gasteiger partial charge >= 0.3 is 0 Å². The molecular weight excluding hydrogens is 873 g/mol. The minimum atomic E-state index is -2.17. The minimum Gasteiger partial charge on any atom is -0.305 e. The largest absolute Gasteiger partial charge is 0.305 e. The molecule has 3 aromatic heterocycles. The quantitative estimate of drug-likeness (QED) is 0.106. The second-order valence-electron chi connectivity index (χ2n) is 15.3. The van der Waals surface area contributed by atoms with E-state index in [9.17, 15) is 0 Å². The van der Waals surface area contributed by atoms with Crippen molar-refractivity contribution in [3.8, 4) is 22.5 Å². The van der Waals surface area contributed by atoms with Crippen LogP contribution in [0, 0.1) is 19.0 Å². The summed E-state index contributed by atoms with van der Waals surface area (Å²) in [6, 6.07) is 45.9. The average molecular weight is 928 g/mol. The third kappa shape index (κ3) is 8.43. The Morgan fingerprint density at radius 1 is 0.736 bits per heavy atom. The van der Waals surface area contributed by atoms with Gasteiger partial charge in [-0.2, -0.15) is 11.3 Å². The molecule has 2 nitrogen and oxygen atoms in total. The van der Waals surface area contributed by atoms with Crippen LogP contribution in [0.2, 0.25) is 37.8 Å². The molecule has 0 amide bonds. The van der Waals surface area contributed by atoms with Crippen molar-refractivity contribution in [2.45, 2.75) is 84.7 Å². The molecule has 0 saturated carbocycles. The normalized spacial score (nSPS) is 13.0. The number of hydrogen-bond acceptors (Lipinski definition) is 3. The summed E-state index contributed by atoms with van der Waals surface area (Å²) in [6.45, 7) is 16.3. The van der Waals surface area contributed by atoms with E-state index < -0.39 is 23.0 Å². The van der Waals surface area contributed by atoms with E-state index in [0.29, 0.717) is 5.56 Å². The standard InChI is InChI=1S/C26H32NSi.C21H20NSSi.Ir/c1-6-28(7-2,8-3)24-17-18-25(27-20-24)21-13-12-16-23(19-21)26(4,5)22-14-10-9-11-15-22;1-14-9-11-16(18-12-10-15(13-22-18)24(2,3)4)21-20(14)17-7-5-6-8-19(17)23-21;/h9-12,14-20H,6-8H2,1-5H3;5-10,12-13H,1-4H3;/q2*-1;/i;1D3;. The first-order valence-corrected chi connectivity index (χ1v) is 25.4. The maximum Gasteiger partial charge on any atom is 0.0878 e. The molecule has 7 rings (SSSR count). The van der Waals surface area contributed by atoms with Gasteiger partial charge < -0.3 is 9.97 Å². The van der Waals surface area contributed by atoms with Gasteiger partial charge in [0.25, 0.3) is 0 Å². The molecule has 53 heavy (non-hydrogen) atoms. The number of rotatable bonds is 9. The van der Waals surface area contributed by atoms with E-state index in [-0.39, 0.29) is 25.5 Å². The van der Waals surface area contributed by atoms with Gasteiger partial charge in [0.15, 0.2) is 0 Å². The van der Waals surface area contributed by atoms with Crippen molar-refractivity contribution >= 4 is 58.0 Å². The van der Waals surface area contributed by atoms with Crippen molar-refractivity contribution in [3.05, 3.63) is 144 Å². The first-order valence-electron chi connectivity index (χ1n) is 20.0. The van der Waals surface area contributed by atoms with Crippen molar-refractivity contribution in [2.75, 3.05) is 0 Å². The van der Waals surface area contributed by atoms with Crippen LogP contribution in [0.3, 0.4) is 0 Å². The fourth-order valence-electron chi connectivity index (χ4n) is 7.20. The van der Waals surface area contributed by atoms with E-state index >= 15 is 0 Å². The van der Waals surface area contributed by atoms with Crippen molar-refractivity contribution in [1.29, 1.82) is 0 Å². The van der Waals surface area contributed by atoms with Crippen LogP contribution in [-0.2, 0) is 25.5 Å². The third-order valence-electron chi connectivity index (χ3n) is 11.0. The van der Waals surface area contributed by atoms with E-state index in [1.54, 1.807) is 17.4 Å². The van der Waals surface area contributed by atoms with Crippen LogP contribution in [0.25, 0.3) is 42.7 Å². The van der Waals surface area contributed by atoms with Gasteiger partial charge in [-0.05, 0) is 48.9 Å². The Kier molecular flexibility index (Phi) is 11.6. The van der Waals surface area contributed by atoms with Gasteiger partial charge in [0.1, 0.15) is 0 Å². The Labute approximate surface area is 341 Å². The Balaban J connectivity index is 0.000000211. The predicted octanol–water partition coefficient (Wildman–Crippen LogP) is 12.4. The van der Waals surface area contributed by atoms with Gasteiger partial charge in [0.2, 0.25) is 0 Å². The zero-order valence-corrected chi connectivity index (χ0v) is 37.4. The summed E-state index contributed by atoms with van der Waals surface area (Å²) in [5.74, 6) is 0. The molecular formula is C47H52IrN2SSi2-2. The minimum absolute atomic E-state index is 0. The number of pyridine rings is 2. The van der Waals surface area contributed by atoms with Crippen LogP contribution in [0.1, 0.15) is 55.4 Å². The number of benzene rings is 4. The van der Waals surface area contributed by atoms with E-state index in [1.807, 2.05) is 42.6 Å². The van der Waals surface area contributed by atoms with Crippen LogP contribution < -0.4 is 10.4 Å². The van der Waals surface area contributed by atoms with Crippen LogP contribution in [0.5, 0.6) is 0 Å². The molecule has 0 aliphatic heterocycles. The fourth-order valence-corrected chi connectivity index (χ4v) is 13.0. The van der Waals surface area contributed by atoms with Gasteiger partial charge in [-0.25, -0.2) is 0 Å².